The van der Waals surface area contributed by atoms with Crippen molar-refractivity contribution in [3.63, 3.8) is 0 Å². The Morgan fingerprint density at radius 2 is 1.87 bits per heavy atom. The minimum atomic E-state index is -1.16. The molecule has 0 saturated carbocycles. The molecule has 0 aliphatic heterocycles. The maximum absolute atomic E-state index is 14.2. The number of hydrogen-bond donors (Lipinski definition) is 2. The third kappa shape index (κ3) is 3.57. The average Bonchev–Trinajstić information content (AvgIpc) is 2.73. The lowest BCUT2D eigenvalue weighted by molar-refractivity contribution is 0.190. The summed E-state index contributed by atoms with van der Waals surface area (Å²) in [5, 5.41) is 12.3. The quantitative estimate of drug-likeness (QED) is 0.494. The predicted molar refractivity (Wildman–Crippen MR) is 112 cm³/mol. The van der Waals surface area contributed by atoms with E-state index in [2.05, 4.69) is 15.3 Å². The zero-order valence-corrected chi connectivity index (χ0v) is 16.4. The number of nitrogens with one attached hydrogen (secondary N) is 1. The van der Waals surface area contributed by atoms with Crippen molar-refractivity contribution in [1.29, 1.82) is 0 Å². The van der Waals surface area contributed by atoms with Crippen LogP contribution in [0.2, 0.25) is 0 Å². The molecule has 4 aromatic rings. The molecule has 0 aliphatic carbocycles. The number of halogens is 1. The van der Waals surface area contributed by atoms with Crippen molar-refractivity contribution < 1.29 is 14.3 Å². The highest BCUT2D eigenvalue weighted by atomic mass is 19.1. The lowest BCUT2D eigenvalue weighted by atomic mass is 9.91. The summed E-state index contributed by atoms with van der Waals surface area (Å²) >= 11 is 0. The molecule has 150 valence electrons. The number of pyridine rings is 3. The first-order chi connectivity index (χ1) is 14.5. The van der Waals surface area contributed by atoms with Crippen LogP contribution in [-0.2, 0) is 0 Å². The number of benzene rings is 1. The van der Waals surface area contributed by atoms with Gasteiger partial charge in [0.2, 0.25) is 0 Å². The molecule has 1 amide bonds. The molecule has 0 saturated heterocycles. The van der Waals surface area contributed by atoms with Crippen LogP contribution in [0.3, 0.4) is 0 Å². The Labute approximate surface area is 172 Å². The zero-order chi connectivity index (χ0) is 21.3. The van der Waals surface area contributed by atoms with Gasteiger partial charge < -0.3 is 10.4 Å². The number of nitrogens with zero attached hydrogens (tertiary/aromatic N) is 3. The van der Waals surface area contributed by atoms with E-state index >= 15 is 0 Å². The van der Waals surface area contributed by atoms with E-state index in [1.165, 1.54) is 12.1 Å². The molecule has 0 bridgehead atoms. The summed E-state index contributed by atoms with van der Waals surface area (Å²) < 4.78 is 14.2. The highest BCUT2D eigenvalue weighted by Crippen LogP contribution is 2.41. The van der Waals surface area contributed by atoms with E-state index in [0.717, 1.165) is 5.56 Å². The van der Waals surface area contributed by atoms with Crippen LogP contribution in [0, 0.1) is 12.7 Å². The summed E-state index contributed by atoms with van der Waals surface area (Å²) in [6, 6.07) is 12.9. The fourth-order valence-corrected chi connectivity index (χ4v) is 3.58. The number of rotatable bonds is 4. The molecule has 3 aromatic heterocycles. The first kappa shape index (κ1) is 19.4. The monoisotopic (exact) mass is 402 g/mol. The van der Waals surface area contributed by atoms with Gasteiger partial charge in [0.15, 0.2) is 0 Å². The number of fused-ring (bicyclic) bond motifs is 1. The molecular weight excluding hydrogens is 383 g/mol. The summed E-state index contributed by atoms with van der Waals surface area (Å²) in [5.74, 6) is -0.393. The predicted octanol–water partition coefficient (Wildman–Crippen LogP) is 5.13. The summed E-state index contributed by atoms with van der Waals surface area (Å²) in [7, 11) is 0. The van der Waals surface area contributed by atoms with Gasteiger partial charge in [0.25, 0.3) is 0 Å². The van der Waals surface area contributed by atoms with Crippen LogP contribution in [0.4, 0.5) is 9.18 Å². The van der Waals surface area contributed by atoms with Crippen LogP contribution in [0.15, 0.2) is 60.9 Å². The highest BCUT2D eigenvalue weighted by Gasteiger charge is 2.25. The van der Waals surface area contributed by atoms with Gasteiger partial charge in [0, 0.05) is 28.9 Å². The van der Waals surface area contributed by atoms with Crippen LogP contribution < -0.4 is 5.32 Å². The molecule has 6 nitrogen and oxygen atoms in total. The van der Waals surface area contributed by atoms with Crippen molar-refractivity contribution in [3.05, 3.63) is 78.0 Å². The zero-order valence-electron chi connectivity index (χ0n) is 16.4. The second-order valence-corrected chi connectivity index (χ2v) is 6.96. The first-order valence-electron chi connectivity index (χ1n) is 9.41. The molecule has 1 aromatic carbocycles. The van der Waals surface area contributed by atoms with E-state index in [1.54, 1.807) is 31.5 Å². The normalized spacial score (nSPS) is 12.0. The van der Waals surface area contributed by atoms with E-state index in [1.807, 2.05) is 31.2 Å². The van der Waals surface area contributed by atoms with Gasteiger partial charge >= 0.3 is 6.09 Å². The molecule has 0 fully saturated rings. The van der Waals surface area contributed by atoms with Crippen LogP contribution in [0.5, 0.6) is 0 Å². The maximum atomic E-state index is 14.2. The lowest BCUT2D eigenvalue weighted by Gasteiger charge is -2.21. The SMILES string of the molecule is Cc1cccnc1-c1c(-c2ccccn2)c(C(C)NC(=O)O)nc2ccc(F)cc12. The van der Waals surface area contributed by atoms with Gasteiger partial charge in [-0.25, -0.2) is 14.2 Å². The van der Waals surface area contributed by atoms with Gasteiger partial charge in [0.1, 0.15) is 5.82 Å². The van der Waals surface area contributed by atoms with Gasteiger partial charge in [-0.05, 0) is 55.8 Å². The summed E-state index contributed by atoms with van der Waals surface area (Å²) in [5.41, 5.74) is 4.50. The summed E-state index contributed by atoms with van der Waals surface area (Å²) in [6.07, 6.45) is 2.17. The van der Waals surface area contributed by atoms with Crippen molar-refractivity contribution in [2.45, 2.75) is 19.9 Å². The molecule has 7 heteroatoms. The number of aromatic nitrogens is 3. The second-order valence-electron chi connectivity index (χ2n) is 6.96. The van der Waals surface area contributed by atoms with Crippen LogP contribution in [-0.4, -0.2) is 26.2 Å². The Kier molecular flexibility index (Phi) is 5.10. The van der Waals surface area contributed by atoms with Crippen molar-refractivity contribution in [1.82, 2.24) is 20.3 Å². The lowest BCUT2D eigenvalue weighted by Crippen LogP contribution is -2.26. The molecular formula is C23H19FN4O2. The molecule has 30 heavy (non-hydrogen) atoms. The minimum Gasteiger partial charge on any atom is -0.465 e. The standard InChI is InChI=1S/C23H19FN4O2/c1-13-6-5-11-26-21(13)19-16-12-15(24)8-9-17(16)28-22(14(2)27-23(29)30)20(19)18-7-3-4-10-25-18/h3-12,14,27H,1-2H3,(H,29,30). The Hall–Kier alpha value is -3.87. The van der Waals surface area contributed by atoms with E-state index < -0.39 is 18.0 Å². The molecule has 3 heterocycles. The average molecular weight is 402 g/mol. The topological polar surface area (TPSA) is 88.0 Å². The number of amides is 1. The maximum Gasteiger partial charge on any atom is 0.405 e. The smallest absolute Gasteiger partial charge is 0.405 e. The second kappa shape index (κ2) is 7.87. The fraction of sp³-hybridized carbons (Fsp3) is 0.130. The van der Waals surface area contributed by atoms with Gasteiger partial charge in [-0.1, -0.05) is 12.1 Å². The van der Waals surface area contributed by atoms with E-state index in [0.29, 0.717) is 39.1 Å². The summed E-state index contributed by atoms with van der Waals surface area (Å²) in [6.45, 7) is 3.64. The van der Waals surface area contributed by atoms with Gasteiger partial charge in [-0.2, -0.15) is 0 Å². The van der Waals surface area contributed by atoms with E-state index in [9.17, 15) is 14.3 Å². The largest absolute Gasteiger partial charge is 0.465 e. The van der Waals surface area contributed by atoms with Crippen molar-refractivity contribution in [2.75, 3.05) is 0 Å². The molecule has 1 atom stereocenters. The van der Waals surface area contributed by atoms with E-state index in [4.69, 9.17) is 4.98 Å². The molecule has 0 radical (unpaired) electrons. The van der Waals surface area contributed by atoms with Gasteiger partial charge in [0.05, 0.1) is 28.6 Å². The number of carbonyl (C=O) groups is 1. The molecule has 1 unspecified atom stereocenters. The third-order valence-corrected chi connectivity index (χ3v) is 4.89. The van der Waals surface area contributed by atoms with E-state index in [-0.39, 0.29) is 0 Å². The Bertz CT molecular complexity index is 1240. The van der Waals surface area contributed by atoms with Gasteiger partial charge in [-0.15, -0.1) is 0 Å². The Balaban J connectivity index is 2.18. The van der Waals surface area contributed by atoms with Crippen molar-refractivity contribution >= 4 is 17.0 Å². The fourth-order valence-electron chi connectivity index (χ4n) is 3.58. The number of hydrogen-bond acceptors (Lipinski definition) is 4. The Morgan fingerprint density at radius 3 is 2.57 bits per heavy atom. The third-order valence-electron chi connectivity index (χ3n) is 4.89. The summed E-state index contributed by atoms with van der Waals surface area (Å²) in [4.78, 5) is 25.1. The number of carboxylic acid groups (broad SMARTS) is 1. The highest BCUT2D eigenvalue weighted by molar-refractivity contribution is 6.02. The number of aryl methyl sites for hydroxylation is 1. The molecule has 0 aliphatic rings. The van der Waals surface area contributed by atoms with Crippen molar-refractivity contribution in [3.8, 4) is 22.5 Å². The van der Waals surface area contributed by atoms with Crippen LogP contribution >= 0.6 is 0 Å². The molecule has 4 rings (SSSR count). The molecule has 0 spiro atoms. The van der Waals surface area contributed by atoms with Crippen LogP contribution in [0.25, 0.3) is 33.4 Å². The van der Waals surface area contributed by atoms with Gasteiger partial charge in [-0.3, -0.25) is 9.97 Å². The van der Waals surface area contributed by atoms with Crippen LogP contribution in [0.1, 0.15) is 24.2 Å². The first-order valence-corrected chi connectivity index (χ1v) is 9.41. The minimum absolute atomic E-state index is 0.393. The Morgan fingerprint density at radius 1 is 1.07 bits per heavy atom. The molecule has 2 N–H and O–H groups in total. The van der Waals surface area contributed by atoms with Crippen molar-refractivity contribution in [2.24, 2.45) is 0 Å².